The minimum Gasteiger partial charge on any atom is -0.375 e. The number of rotatable bonds is 5. The van der Waals surface area contributed by atoms with Gasteiger partial charge in [0.25, 0.3) is 0 Å². The second kappa shape index (κ2) is 7.31. The summed E-state index contributed by atoms with van der Waals surface area (Å²) in [5.41, 5.74) is 1.01. The summed E-state index contributed by atoms with van der Waals surface area (Å²) < 4.78 is 4.88. The summed E-state index contributed by atoms with van der Waals surface area (Å²) in [5, 5.41) is 3.50. The van der Waals surface area contributed by atoms with Crippen LogP contribution < -0.4 is 5.32 Å². The van der Waals surface area contributed by atoms with Crippen LogP contribution in [0.25, 0.3) is 0 Å². The lowest BCUT2D eigenvalue weighted by Crippen LogP contribution is -2.45. The Balaban J connectivity index is 1.73. The number of aryl methyl sites for hydroxylation is 1. The summed E-state index contributed by atoms with van der Waals surface area (Å²) in [6.45, 7) is 4.41. The van der Waals surface area contributed by atoms with Gasteiger partial charge in [0.15, 0.2) is 0 Å². The van der Waals surface area contributed by atoms with E-state index in [1.807, 2.05) is 17.9 Å². The van der Waals surface area contributed by atoms with Crippen LogP contribution in [-0.2, 0) is 16.1 Å². The lowest BCUT2D eigenvalue weighted by atomic mass is 10.0. The highest BCUT2D eigenvalue weighted by Crippen LogP contribution is 2.11. The first kappa shape index (κ1) is 14.9. The third-order valence-electron chi connectivity index (χ3n) is 3.52. The highest BCUT2D eigenvalue weighted by atomic mass is 16.5. The van der Waals surface area contributed by atoms with Crippen molar-refractivity contribution in [1.29, 1.82) is 0 Å². The third-order valence-corrected chi connectivity index (χ3v) is 3.52. The minimum absolute atomic E-state index is 0.0809. The SMILES string of the molecule is COCC(=O)N1CCC(NCc2ccnc(C)n2)CC1. The molecular formula is C14H22N4O2. The van der Waals surface area contributed by atoms with Crippen molar-refractivity contribution >= 4 is 5.91 Å². The molecule has 1 aliphatic rings. The van der Waals surface area contributed by atoms with Crippen molar-refractivity contribution < 1.29 is 9.53 Å². The molecule has 1 aromatic rings. The van der Waals surface area contributed by atoms with Crippen molar-refractivity contribution in [1.82, 2.24) is 20.2 Å². The Morgan fingerprint density at radius 2 is 2.25 bits per heavy atom. The van der Waals surface area contributed by atoms with Crippen LogP contribution in [0.2, 0.25) is 0 Å². The Hall–Kier alpha value is -1.53. The molecule has 0 saturated carbocycles. The van der Waals surface area contributed by atoms with E-state index in [0.717, 1.165) is 44.0 Å². The maximum atomic E-state index is 11.7. The zero-order chi connectivity index (χ0) is 14.4. The zero-order valence-corrected chi connectivity index (χ0v) is 12.1. The predicted octanol–water partition coefficient (Wildman–Crippen LogP) is 0.512. The number of piperidine rings is 1. The molecule has 2 heterocycles. The van der Waals surface area contributed by atoms with Gasteiger partial charge in [-0.1, -0.05) is 0 Å². The van der Waals surface area contributed by atoms with E-state index in [1.165, 1.54) is 0 Å². The van der Waals surface area contributed by atoms with Crippen molar-refractivity contribution in [2.45, 2.75) is 32.4 Å². The van der Waals surface area contributed by atoms with E-state index in [2.05, 4.69) is 15.3 Å². The number of methoxy groups -OCH3 is 1. The molecule has 6 heteroatoms. The molecule has 110 valence electrons. The van der Waals surface area contributed by atoms with Crippen molar-refractivity contribution in [3.63, 3.8) is 0 Å². The molecule has 0 atom stereocenters. The molecule has 0 radical (unpaired) electrons. The van der Waals surface area contributed by atoms with Gasteiger partial charge in [-0.15, -0.1) is 0 Å². The molecule has 1 aromatic heterocycles. The molecule has 1 aliphatic heterocycles. The first-order valence-corrected chi connectivity index (χ1v) is 6.97. The van der Waals surface area contributed by atoms with E-state index in [0.29, 0.717) is 6.04 Å². The van der Waals surface area contributed by atoms with Crippen molar-refractivity contribution in [2.24, 2.45) is 0 Å². The summed E-state index contributed by atoms with van der Waals surface area (Å²) in [6.07, 6.45) is 3.73. The fourth-order valence-electron chi connectivity index (χ4n) is 2.40. The summed E-state index contributed by atoms with van der Waals surface area (Å²) in [7, 11) is 1.55. The van der Waals surface area contributed by atoms with Gasteiger partial charge in [0.1, 0.15) is 12.4 Å². The second-order valence-electron chi connectivity index (χ2n) is 5.06. The average Bonchev–Trinajstić information content (AvgIpc) is 2.46. The van der Waals surface area contributed by atoms with E-state index in [-0.39, 0.29) is 12.5 Å². The molecule has 1 fully saturated rings. The van der Waals surface area contributed by atoms with Crippen molar-refractivity contribution in [2.75, 3.05) is 26.8 Å². The molecule has 0 aromatic carbocycles. The molecule has 0 unspecified atom stereocenters. The molecule has 1 saturated heterocycles. The van der Waals surface area contributed by atoms with Crippen LogP contribution in [0.1, 0.15) is 24.4 Å². The monoisotopic (exact) mass is 278 g/mol. The fraction of sp³-hybridized carbons (Fsp3) is 0.643. The molecule has 0 spiro atoms. The highest BCUT2D eigenvalue weighted by Gasteiger charge is 2.22. The van der Waals surface area contributed by atoms with Gasteiger partial charge in [0.2, 0.25) is 5.91 Å². The quantitative estimate of drug-likeness (QED) is 0.850. The number of amides is 1. The Bertz CT molecular complexity index is 445. The molecular weight excluding hydrogens is 256 g/mol. The molecule has 1 amide bonds. The van der Waals surface area contributed by atoms with Crippen LogP contribution in [0.5, 0.6) is 0 Å². The van der Waals surface area contributed by atoms with Crippen LogP contribution in [-0.4, -0.2) is 53.6 Å². The summed E-state index contributed by atoms with van der Waals surface area (Å²) in [4.78, 5) is 22.0. The highest BCUT2D eigenvalue weighted by molar-refractivity contribution is 5.77. The Kier molecular flexibility index (Phi) is 5.43. The van der Waals surface area contributed by atoms with E-state index in [9.17, 15) is 4.79 Å². The number of hydrogen-bond acceptors (Lipinski definition) is 5. The van der Waals surface area contributed by atoms with Gasteiger partial charge in [0.05, 0.1) is 5.69 Å². The molecule has 20 heavy (non-hydrogen) atoms. The lowest BCUT2D eigenvalue weighted by molar-refractivity contribution is -0.136. The second-order valence-corrected chi connectivity index (χ2v) is 5.06. The summed E-state index contributed by atoms with van der Waals surface area (Å²) in [6, 6.07) is 2.37. The summed E-state index contributed by atoms with van der Waals surface area (Å²) >= 11 is 0. The molecule has 1 N–H and O–H groups in total. The predicted molar refractivity (Wildman–Crippen MR) is 75.1 cm³/mol. The van der Waals surface area contributed by atoms with Gasteiger partial charge < -0.3 is 15.0 Å². The van der Waals surface area contributed by atoms with Crippen LogP contribution >= 0.6 is 0 Å². The molecule has 0 aliphatic carbocycles. The fourth-order valence-corrected chi connectivity index (χ4v) is 2.40. The minimum atomic E-state index is 0.0809. The number of hydrogen-bond donors (Lipinski definition) is 1. The number of likely N-dealkylation sites (tertiary alicyclic amines) is 1. The van der Waals surface area contributed by atoms with Gasteiger partial charge in [-0.2, -0.15) is 0 Å². The van der Waals surface area contributed by atoms with Crippen molar-refractivity contribution in [3.05, 3.63) is 23.8 Å². The number of carbonyl (C=O) groups is 1. The van der Waals surface area contributed by atoms with Crippen LogP contribution in [0, 0.1) is 6.92 Å². The van der Waals surface area contributed by atoms with Gasteiger partial charge in [-0.05, 0) is 25.8 Å². The van der Waals surface area contributed by atoms with Gasteiger partial charge in [0, 0.05) is 39.0 Å². The number of carbonyl (C=O) groups excluding carboxylic acids is 1. The Labute approximate surface area is 119 Å². The number of nitrogens with one attached hydrogen (secondary N) is 1. The van der Waals surface area contributed by atoms with Gasteiger partial charge in [-0.25, -0.2) is 9.97 Å². The maximum Gasteiger partial charge on any atom is 0.248 e. The normalized spacial score (nSPS) is 16.4. The number of nitrogens with zero attached hydrogens (tertiary/aromatic N) is 3. The largest absolute Gasteiger partial charge is 0.375 e. The van der Waals surface area contributed by atoms with Gasteiger partial charge in [-0.3, -0.25) is 4.79 Å². The topological polar surface area (TPSA) is 67.3 Å². The lowest BCUT2D eigenvalue weighted by Gasteiger charge is -2.32. The van der Waals surface area contributed by atoms with E-state index < -0.39 is 0 Å². The van der Waals surface area contributed by atoms with Crippen LogP contribution in [0.4, 0.5) is 0 Å². The van der Waals surface area contributed by atoms with E-state index in [1.54, 1.807) is 13.3 Å². The molecule has 2 rings (SSSR count). The first-order valence-electron chi connectivity index (χ1n) is 6.97. The first-order chi connectivity index (χ1) is 9.69. The standard InChI is InChI=1S/C14H22N4O2/c1-11-15-6-3-13(17-11)9-16-12-4-7-18(8-5-12)14(19)10-20-2/h3,6,12,16H,4-5,7-10H2,1-2H3. The van der Waals surface area contributed by atoms with E-state index in [4.69, 9.17) is 4.74 Å². The third kappa shape index (κ3) is 4.25. The van der Waals surface area contributed by atoms with Gasteiger partial charge >= 0.3 is 0 Å². The van der Waals surface area contributed by atoms with Crippen LogP contribution in [0.15, 0.2) is 12.3 Å². The maximum absolute atomic E-state index is 11.7. The average molecular weight is 278 g/mol. The Morgan fingerprint density at radius 3 is 2.90 bits per heavy atom. The van der Waals surface area contributed by atoms with Crippen molar-refractivity contribution in [3.8, 4) is 0 Å². The number of aromatic nitrogens is 2. The summed E-state index contributed by atoms with van der Waals surface area (Å²) in [5.74, 6) is 0.877. The molecule has 0 bridgehead atoms. The zero-order valence-electron chi connectivity index (χ0n) is 12.1. The van der Waals surface area contributed by atoms with E-state index >= 15 is 0 Å². The Morgan fingerprint density at radius 1 is 1.50 bits per heavy atom. The van der Waals surface area contributed by atoms with Crippen LogP contribution in [0.3, 0.4) is 0 Å². The smallest absolute Gasteiger partial charge is 0.248 e. The number of ether oxygens (including phenoxy) is 1. The molecule has 6 nitrogen and oxygen atoms in total.